The zero-order valence-corrected chi connectivity index (χ0v) is 23.8. The topological polar surface area (TPSA) is 133 Å². The van der Waals surface area contributed by atoms with Gasteiger partial charge in [-0.05, 0) is 54.8 Å². The van der Waals surface area contributed by atoms with E-state index in [1.165, 1.54) is 4.90 Å². The molecule has 0 radical (unpaired) electrons. The predicted molar refractivity (Wildman–Crippen MR) is 148 cm³/mol. The van der Waals surface area contributed by atoms with Crippen molar-refractivity contribution >= 4 is 21.6 Å². The Balaban J connectivity index is 1.95. The van der Waals surface area contributed by atoms with Crippen LogP contribution in [-0.4, -0.2) is 53.8 Å². The lowest BCUT2D eigenvalue weighted by molar-refractivity contribution is -0.0172. The van der Waals surface area contributed by atoms with E-state index >= 15 is 0 Å². The van der Waals surface area contributed by atoms with E-state index in [9.17, 15) is 18.3 Å². The largest absolute Gasteiger partial charge is 0.444 e. The monoisotopic (exact) mass is 542 g/mol. The molecule has 38 heavy (non-hydrogen) atoms. The Labute approximate surface area is 225 Å². The van der Waals surface area contributed by atoms with Crippen LogP contribution in [0.15, 0.2) is 53.6 Å². The molecule has 2 aromatic rings. The molecule has 3 atom stereocenters. The van der Waals surface area contributed by atoms with Crippen molar-refractivity contribution in [2.75, 3.05) is 11.5 Å². The molecule has 1 aliphatic rings. The number of nitrogens with zero attached hydrogens (tertiary/aromatic N) is 4. The highest BCUT2D eigenvalue weighted by Crippen LogP contribution is 2.30. The van der Waals surface area contributed by atoms with E-state index in [0.717, 1.165) is 16.7 Å². The SMILES string of the molecule is CC(C)(C)OC(=O)N(Cc1cccc(C(C)(C)C)c1)[C@H]1CS(=O)(=O)C[C@@H](Cc2ccc(N=[N+]=[N-])cc2)[C@@H]1O. The normalized spacial score (nSPS) is 21.3. The van der Waals surface area contributed by atoms with Gasteiger partial charge in [-0.1, -0.05) is 74.4 Å². The van der Waals surface area contributed by atoms with Crippen LogP contribution in [0.4, 0.5) is 10.5 Å². The highest BCUT2D eigenvalue weighted by molar-refractivity contribution is 7.91. The van der Waals surface area contributed by atoms with E-state index in [1.807, 2.05) is 24.3 Å². The molecular formula is C28H38N4O5S. The summed E-state index contributed by atoms with van der Waals surface area (Å²) in [6.45, 7) is 11.6. The first kappa shape index (κ1) is 29.5. The van der Waals surface area contributed by atoms with Gasteiger partial charge in [-0.15, -0.1) is 0 Å². The summed E-state index contributed by atoms with van der Waals surface area (Å²) in [4.78, 5) is 17.6. The average Bonchev–Trinajstić information content (AvgIpc) is 2.79. The first-order valence-corrected chi connectivity index (χ1v) is 14.5. The third-order valence-electron chi connectivity index (χ3n) is 6.54. The van der Waals surface area contributed by atoms with Gasteiger partial charge >= 0.3 is 6.09 Å². The van der Waals surface area contributed by atoms with Crippen molar-refractivity contribution in [1.29, 1.82) is 0 Å². The third kappa shape index (κ3) is 7.96. The van der Waals surface area contributed by atoms with Crippen LogP contribution in [0.5, 0.6) is 0 Å². The maximum absolute atomic E-state index is 13.4. The first-order chi connectivity index (χ1) is 17.6. The van der Waals surface area contributed by atoms with Gasteiger partial charge in [-0.2, -0.15) is 0 Å². The summed E-state index contributed by atoms with van der Waals surface area (Å²) in [5.74, 6) is -1.17. The van der Waals surface area contributed by atoms with Gasteiger partial charge in [0.2, 0.25) is 0 Å². The van der Waals surface area contributed by atoms with E-state index in [-0.39, 0.29) is 29.9 Å². The average molecular weight is 543 g/mol. The Morgan fingerprint density at radius 2 is 1.74 bits per heavy atom. The van der Waals surface area contributed by atoms with Crippen LogP contribution in [0.2, 0.25) is 0 Å². The lowest BCUT2D eigenvalue weighted by Crippen LogP contribution is -2.58. The Bertz CT molecular complexity index is 1290. The molecule has 0 aromatic heterocycles. The van der Waals surface area contributed by atoms with Gasteiger partial charge in [0.05, 0.1) is 23.7 Å². The molecule has 1 N–H and O–H groups in total. The number of hydrogen-bond donors (Lipinski definition) is 1. The number of hydrogen-bond acceptors (Lipinski definition) is 6. The third-order valence-corrected chi connectivity index (χ3v) is 8.32. The number of amides is 1. The van der Waals surface area contributed by atoms with Crippen LogP contribution in [-0.2, 0) is 33.0 Å². The van der Waals surface area contributed by atoms with E-state index in [4.69, 9.17) is 10.3 Å². The lowest BCUT2D eigenvalue weighted by atomic mass is 9.86. The van der Waals surface area contributed by atoms with Crippen molar-refractivity contribution < 1.29 is 23.1 Å². The van der Waals surface area contributed by atoms with Crippen LogP contribution in [0, 0.1) is 5.92 Å². The lowest BCUT2D eigenvalue weighted by Gasteiger charge is -2.41. The molecule has 0 unspecified atom stereocenters. The van der Waals surface area contributed by atoms with E-state index in [1.54, 1.807) is 45.0 Å². The van der Waals surface area contributed by atoms with Gasteiger partial charge in [0, 0.05) is 23.1 Å². The minimum Gasteiger partial charge on any atom is -0.444 e. The summed E-state index contributed by atoms with van der Waals surface area (Å²) >= 11 is 0. The second-order valence-electron chi connectivity index (χ2n) is 12.0. The van der Waals surface area contributed by atoms with E-state index in [2.05, 4.69) is 30.8 Å². The van der Waals surface area contributed by atoms with Crippen molar-refractivity contribution in [2.45, 2.75) is 77.7 Å². The van der Waals surface area contributed by atoms with Crippen molar-refractivity contribution in [1.82, 2.24) is 4.90 Å². The summed E-state index contributed by atoms with van der Waals surface area (Å²) in [7, 11) is -3.57. The van der Waals surface area contributed by atoms with Crippen molar-refractivity contribution in [2.24, 2.45) is 11.0 Å². The van der Waals surface area contributed by atoms with E-state index < -0.39 is 39.6 Å². The molecule has 0 saturated carbocycles. The predicted octanol–water partition coefficient (Wildman–Crippen LogP) is 5.68. The number of aliphatic hydroxyl groups is 1. The molecule has 9 nitrogen and oxygen atoms in total. The van der Waals surface area contributed by atoms with Crippen molar-refractivity contribution in [3.05, 3.63) is 75.7 Å². The van der Waals surface area contributed by atoms with Crippen molar-refractivity contribution in [3.63, 3.8) is 0 Å². The maximum atomic E-state index is 13.4. The highest BCUT2D eigenvalue weighted by atomic mass is 32.2. The van der Waals surface area contributed by atoms with Crippen LogP contribution in [0.1, 0.15) is 58.2 Å². The summed E-state index contributed by atoms with van der Waals surface area (Å²) in [5.41, 5.74) is 10.8. The Morgan fingerprint density at radius 1 is 1.08 bits per heavy atom. The molecule has 3 rings (SSSR count). The molecule has 1 saturated heterocycles. The summed E-state index contributed by atoms with van der Waals surface area (Å²) < 4.78 is 31.8. The quantitative estimate of drug-likeness (QED) is 0.285. The molecular weight excluding hydrogens is 504 g/mol. The number of rotatable bonds is 6. The second kappa shape index (κ2) is 11.4. The Morgan fingerprint density at radius 3 is 2.32 bits per heavy atom. The molecule has 0 bridgehead atoms. The molecule has 0 spiro atoms. The number of ether oxygens (including phenoxy) is 1. The van der Waals surface area contributed by atoms with Gasteiger partial charge in [0.1, 0.15) is 5.60 Å². The smallest absolute Gasteiger partial charge is 0.410 e. The Hall–Kier alpha value is -3.07. The molecule has 2 aromatic carbocycles. The second-order valence-corrected chi connectivity index (χ2v) is 14.2. The number of benzene rings is 2. The molecule has 1 aliphatic heterocycles. The molecule has 1 amide bonds. The molecule has 10 heteroatoms. The standard InChI is InChI=1S/C28H38N4O5S/c1-27(2,3)22-9-7-8-20(15-22)16-32(26(34)37-28(4,5)6)24-18-38(35,36)17-21(25(24)33)14-19-10-12-23(13-11-19)30-31-29/h7-13,15,21,24-25,33H,14,16-18H2,1-6H3/t21-,24+,25+/m1/s1. The Kier molecular flexibility index (Phi) is 8.81. The fourth-order valence-corrected chi connectivity index (χ4v) is 6.64. The van der Waals surface area contributed by atoms with Crippen molar-refractivity contribution in [3.8, 4) is 0 Å². The molecule has 1 heterocycles. The zero-order chi connectivity index (χ0) is 28.3. The number of aliphatic hydroxyl groups excluding tert-OH is 1. The number of azide groups is 1. The van der Waals surface area contributed by atoms with Crippen LogP contribution in [0.25, 0.3) is 10.4 Å². The van der Waals surface area contributed by atoms with Gasteiger partial charge in [0.25, 0.3) is 0 Å². The van der Waals surface area contributed by atoms with Gasteiger partial charge in [-0.3, -0.25) is 4.90 Å². The summed E-state index contributed by atoms with van der Waals surface area (Å²) in [6.07, 6.45) is -1.47. The van der Waals surface area contributed by atoms with Gasteiger partial charge < -0.3 is 9.84 Å². The molecule has 0 aliphatic carbocycles. The fourth-order valence-electron chi connectivity index (χ4n) is 4.64. The molecule has 1 fully saturated rings. The fraction of sp³-hybridized carbons (Fsp3) is 0.536. The highest BCUT2D eigenvalue weighted by Gasteiger charge is 2.44. The minimum atomic E-state index is -3.57. The van der Waals surface area contributed by atoms with Gasteiger partial charge in [0.15, 0.2) is 9.84 Å². The summed E-state index contributed by atoms with van der Waals surface area (Å²) in [6, 6.07) is 13.6. The summed E-state index contributed by atoms with van der Waals surface area (Å²) in [5, 5.41) is 15.0. The van der Waals surface area contributed by atoms with Gasteiger partial charge in [-0.25, -0.2) is 13.2 Å². The number of sulfone groups is 1. The molecule has 206 valence electrons. The van der Waals surface area contributed by atoms with Crippen LogP contribution < -0.4 is 0 Å². The number of carbonyl (C=O) groups is 1. The van der Waals surface area contributed by atoms with E-state index in [0.29, 0.717) is 5.69 Å². The number of carbonyl (C=O) groups excluding carboxylic acids is 1. The van der Waals surface area contributed by atoms with Crippen LogP contribution >= 0.6 is 0 Å². The van der Waals surface area contributed by atoms with Crippen LogP contribution in [0.3, 0.4) is 0 Å². The first-order valence-electron chi connectivity index (χ1n) is 12.7. The zero-order valence-electron chi connectivity index (χ0n) is 23.0. The maximum Gasteiger partial charge on any atom is 0.410 e. The minimum absolute atomic E-state index is 0.101.